The molecule has 0 aromatic heterocycles. The fraction of sp³-hybridized carbons (Fsp3) is 0.231. The Hall–Kier alpha value is -1.54. The number of ether oxygens (including phenoxy) is 1. The predicted octanol–water partition coefficient (Wildman–Crippen LogP) is 2.83. The van der Waals surface area contributed by atoms with Gasteiger partial charge in [0.1, 0.15) is 11.9 Å². The van der Waals surface area contributed by atoms with Gasteiger partial charge >= 0.3 is 0 Å². The molecule has 1 unspecified atom stereocenters. The Labute approximate surface area is 90.5 Å². The molecule has 1 atom stereocenters. The van der Waals surface area contributed by atoms with E-state index in [4.69, 9.17) is 4.74 Å². The minimum absolute atomic E-state index is 0.527. The summed E-state index contributed by atoms with van der Waals surface area (Å²) in [5.41, 5.74) is 0.819. The average molecular weight is 204 g/mol. The van der Waals surface area contributed by atoms with Crippen LogP contribution in [0, 0.1) is 0 Å². The minimum Gasteiger partial charge on any atom is -0.495 e. The maximum atomic E-state index is 10.0. The van der Waals surface area contributed by atoms with Crippen molar-refractivity contribution in [2.24, 2.45) is 0 Å². The van der Waals surface area contributed by atoms with Gasteiger partial charge in [0, 0.05) is 0 Å². The lowest BCUT2D eigenvalue weighted by molar-refractivity contribution is 0.108. The van der Waals surface area contributed by atoms with E-state index in [0.29, 0.717) is 12.4 Å². The molecule has 1 aromatic carbocycles. The van der Waals surface area contributed by atoms with E-state index in [-0.39, 0.29) is 0 Å². The molecular formula is C13H16O2. The van der Waals surface area contributed by atoms with Crippen LogP contribution in [0.25, 0.3) is 0 Å². The highest BCUT2D eigenvalue weighted by Crippen LogP contribution is 2.21. The van der Waals surface area contributed by atoms with Gasteiger partial charge in [-0.2, -0.15) is 0 Å². The Bertz CT molecular complexity index is 328. The third-order valence-electron chi connectivity index (χ3n) is 1.98. The van der Waals surface area contributed by atoms with Gasteiger partial charge in [0.15, 0.2) is 0 Å². The molecule has 0 spiro atoms. The van der Waals surface area contributed by atoms with Crippen molar-refractivity contribution in [1.82, 2.24) is 0 Å². The Morgan fingerprint density at radius 2 is 2.13 bits per heavy atom. The fourth-order valence-corrected chi connectivity index (χ4v) is 1.30. The summed E-state index contributed by atoms with van der Waals surface area (Å²) >= 11 is 0. The molecule has 15 heavy (non-hydrogen) atoms. The topological polar surface area (TPSA) is 29.5 Å². The van der Waals surface area contributed by atoms with Gasteiger partial charge < -0.3 is 9.84 Å². The monoisotopic (exact) mass is 204 g/mol. The lowest BCUT2D eigenvalue weighted by Gasteiger charge is -2.15. The van der Waals surface area contributed by atoms with Crippen LogP contribution >= 0.6 is 0 Å². The highest BCUT2D eigenvalue weighted by Gasteiger charge is 2.12. The summed E-state index contributed by atoms with van der Waals surface area (Å²) in [6.07, 6.45) is 2.57. The lowest BCUT2D eigenvalue weighted by Crippen LogP contribution is -2.05. The molecule has 80 valence electrons. The zero-order valence-electron chi connectivity index (χ0n) is 8.89. The van der Waals surface area contributed by atoms with E-state index in [2.05, 4.69) is 6.58 Å². The number of rotatable bonds is 5. The second-order valence-corrected chi connectivity index (χ2v) is 3.05. The standard InChI is InChI=1S/C13H16O2/c1-3-8-12(15-4-2)13(14)11-9-6-5-7-10-11/h3,5-10,13-14H,1,4H2,2H3/b12-8+. The molecule has 0 fully saturated rings. The first-order chi connectivity index (χ1) is 7.29. The normalized spacial score (nSPS) is 13.3. The summed E-state index contributed by atoms with van der Waals surface area (Å²) in [7, 11) is 0. The number of hydrogen-bond acceptors (Lipinski definition) is 2. The minimum atomic E-state index is -0.718. The van der Waals surface area contributed by atoms with Gasteiger partial charge in [0.05, 0.1) is 6.61 Å². The van der Waals surface area contributed by atoms with E-state index in [1.807, 2.05) is 37.3 Å². The molecule has 1 aromatic rings. The molecule has 1 N–H and O–H groups in total. The van der Waals surface area contributed by atoms with E-state index in [9.17, 15) is 5.11 Å². The summed E-state index contributed by atoms with van der Waals surface area (Å²) < 4.78 is 5.34. The maximum Gasteiger partial charge on any atom is 0.136 e. The highest BCUT2D eigenvalue weighted by atomic mass is 16.5. The Balaban J connectivity index is 2.85. The first-order valence-electron chi connectivity index (χ1n) is 4.98. The number of aliphatic hydroxyl groups excluding tert-OH is 1. The Morgan fingerprint density at radius 3 is 2.67 bits per heavy atom. The molecule has 0 aliphatic carbocycles. The van der Waals surface area contributed by atoms with E-state index in [1.54, 1.807) is 12.2 Å². The van der Waals surface area contributed by atoms with E-state index in [1.165, 1.54) is 0 Å². The number of benzene rings is 1. The van der Waals surface area contributed by atoms with Crippen LogP contribution in [0.2, 0.25) is 0 Å². The Kier molecular flexibility index (Phi) is 4.64. The molecule has 0 radical (unpaired) electrons. The largest absolute Gasteiger partial charge is 0.495 e. The average Bonchev–Trinajstić information content (AvgIpc) is 2.29. The first kappa shape index (κ1) is 11.5. The zero-order valence-corrected chi connectivity index (χ0v) is 8.89. The van der Waals surface area contributed by atoms with Gasteiger partial charge in [-0.15, -0.1) is 0 Å². The van der Waals surface area contributed by atoms with Crippen LogP contribution in [0.15, 0.2) is 54.8 Å². The van der Waals surface area contributed by atoms with Gasteiger partial charge in [-0.25, -0.2) is 0 Å². The zero-order chi connectivity index (χ0) is 11.1. The predicted molar refractivity (Wildman–Crippen MR) is 61.3 cm³/mol. The third-order valence-corrected chi connectivity index (χ3v) is 1.98. The molecular weight excluding hydrogens is 188 g/mol. The summed E-state index contributed by atoms with van der Waals surface area (Å²) in [6, 6.07) is 9.40. The van der Waals surface area contributed by atoms with E-state index >= 15 is 0 Å². The number of aliphatic hydroxyl groups is 1. The van der Waals surface area contributed by atoms with Crippen LogP contribution in [0.4, 0.5) is 0 Å². The Morgan fingerprint density at radius 1 is 1.47 bits per heavy atom. The first-order valence-corrected chi connectivity index (χ1v) is 4.98. The van der Waals surface area contributed by atoms with Gasteiger partial charge in [0.2, 0.25) is 0 Å². The molecule has 0 amide bonds. The van der Waals surface area contributed by atoms with Crippen LogP contribution in [0.5, 0.6) is 0 Å². The number of allylic oxidation sites excluding steroid dienone is 2. The third kappa shape index (κ3) is 3.26. The molecule has 0 heterocycles. The van der Waals surface area contributed by atoms with Crippen molar-refractivity contribution in [2.45, 2.75) is 13.0 Å². The highest BCUT2D eigenvalue weighted by molar-refractivity contribution is 5.24. The van der Waals surface area contributed by atoms with E-state index < -0.39 is 6.10 Å². The van der Waals surface area contributed by atoms with Crippen LogP contribution < -0.4 is 0 Å². The van der Waals surface area contributed by atoms with Gasteiger partial charge in [-0.1, -0.05) is 43.0 Å². The molecule has 0 aliphatic heterocycles. The van der Waals surface area contributed by atoms with Gasteiger partial charge in [-0.05, 0) is 18.6 Å². The van der Waals surface area contributed by atoms with Crippen LogP contribution in [-0.2, 0) is 4.74 Å². The quantitative estimate of drug-likeness (QED) is 0.590. The second-order valence-electron chi connectivity index (χ2n) is 3.05. The van der Waals surface area contributed by atoms with E-state index in [0.717, 1.165) is 5.56 Å². The van der Waals surface area contributed by atoms with Crippen molar-refractivity contribution in [2.75, 3.05) is 6.61 Å². The number of hydrogen-bond donors (Lipinski definition) is 1. The summed E-state index contributed by atoms with van der Waals surface area (Å²) in [4.78, 5) is 0. The summed E-state index contributed by atoms with van der Waals surface area (Å²) in [5, 5.41) is 10.0. The van der Waals surface area contributed by atoms with Crippen molar-refractivity contribution in [1.29, 1.82) is 0 Å². The molecule has 1 rings (SSSR count). The summed E-state index contributed by atoms with van der Waals surface area (Å²) in [6.45, 7) is 6.01. The van der Waals surface area contributed by atoms with Crippen LogP contribution in [0.3, 0.4) is 0 Å². The van der Waals surface area contributed by atoms with Crippen molar-refractivity contribution in [3.63, 3.8) is 0 Å². The maximum absolute atomic E-state index is 10.0. The summed E-state index contributed by atoms with van der Waals surface area (Å²) in [5.74, 6) is 0.527. The van der Waals surface area contributed by atoms with Crippen molar-refractivity contribution >= 4 is 0 Å². The molecule has 0 saturated carbocycles. The molecule has 0 aliphatic rings. The van der Waals surface area contributed by atoms with Crippen LogP contribution in [0.1, 0.15) is 18.6 Å². The second kappa shape index (κ2) is 6.04. The van der Waals surface area contributed by atoms with Crippen molar-refractivity contribution < 1.29 is 9.84 Å². The SMILES string of the molecule is C=C/C=C(/OCC)C(O)c1ccccc1. The smallest absolute Gasteiger partial charge is 0.136 e. The fourth-order valence-electron chi connectivity index (χ4n) is 1.30. The lowest BCUT2D eigenvalue weighted by atomic mass is 10.1. The molecule has 0 bridgehead atoms. The van der Waals surface area contributed by atoms with Crippen molar-refractivity contribution in [3.05, 3.63) is 60.4 Å². The van der Waals surface area contributed by atoms with Gasteiger partial charge in [0.25, 0.3) is 0 Å². The van der Waals surface area contributed by atoms with Gasteiger partial charge in [-0.3, -0.25) is 0 Å². The molecule has 2 heteroatoms. The molecule has 0 saturated heterocycles. The van der Waals surface area contributed by atoms with Crippen molar-refractivity contribution in [3.8, 4) is 0 Å². The van der Waals surface area contributed by atoms with Crippen LogP contribution in [-0.4, -0.2) is 11.7 Å². The molecule has 2 nitrogen and oxygen atoms in total.